The van der Waals surface area contributed by atoms with Gasteiger partial charge in [0, 0.05) is 12.3 Å². The zero-order valence-corrected chi connectivity index (χ0v) is 12.7. The molecule has 5 nitrogen and oxygen atoms in total. The van der Waals surface area contributed by atoms with Crippen LogP contribution in [0.3, 0.4) is 0 Å². The van der Waals surface area contributed by atoms with Crippen molar-refractivity contribution in [2.75, 3.05) is 12.8 Å². The molecule has 1 saturated carbocycles. The van der Waals surface area contributed by atoms with Crippen molar-refractivity contribution in [1.82, 2.24) is 5.32 Å². The molecule has 0 aromatic rings. The van der Waals surface area contributed by atoms with Gasteiger partial charge >= 0.3 is 0 Å². The molecule has 2 unspecified atom stereocenters. The quantitative estimate of drug-likeness (QED) is 0.790. The Labute approximate surface area is 115 Å². The number of sulfone groups is 1. The molecule has 0 spiro atoms. The van der Waals surface area contributed by atoms with Crippen LogP contribution in [0.2, 0.25) is 0 Å². The van der Waals surface area contributed by atoms with Crippen LogP contribution in [-0.4, -0.2) is 37.9 Å². The maximum absolute atomic E-state index is 12.0. The lowest BCUT2D eigenvalue weighted by Gasteiger charge is -2.26. The molecule has 18 heavy (non-hydrogen) atoms. The second-order valence-electron chi connectivity index (χ2n) is 5.29. The van der Waals surface area contributed by atoms with Crippen LogP contribution in [0.1, 0.15) is 33.1 Å². The van der Waals surface area contributed by atoms with Crippen LogP contribution in [0, 0.1) is 5.92 Å². The fraction of sp³-hybridized carbons (Fsp3) is 0.909. The second-order valence-corrected chi connectivity index (χ2v) is 7.85. The van der Waals surface area contributed by atoms with Gasteiger partial charge in [0.05, 0.1) is 0 Å². The summed E-state index contributed by atoms with van der Waals surface area (Å²) in [5.74, 6) is -0.153. The first kappa shape index (κ1) is 17.7. The van der Waals surface area contributed by atoms with E-state index in [2.05, 4.69) is 5.32 Å². The number of amides is 1. The molecule has 0 aliphatic heterocycles. The van der Waals surface area contributed by atoms with Crippen molar-refractivity contribution in [2.45, 2.75) is 43.9 Å². The maximum atomic E-state index is 12.0. The molecule has 1 aliphatic rings. The number of rotatable bonds is 4. The molecule has 0 bridgehead atoms. The van der Waals surface area contributed by atoms with Crippen molar-refractivity contribution in [3.05, 3.63) is 0 Å². The third-order valence-electron chi connectivity index (χ3n) is 3.75. The fourth-order valence-electron chi connectivity index (χ4n) is 2.02. The van der Waals surface area contributed by atoms with Gasteiger partial charge in [-0.15, -0.1) is 12.4 Å². The lowest BCUT2D eigenvalue weighted by molar-refractivity contribution is -0.123. The zero-order chi connectivity index (χ0) is 13.3. The van der Waals surface area contributed by atoms with Gasteiger partial charge in [-0.3, -0.25) is 4.79 Å². The van der Waals surface area contributed by atoms with Gasteiger partial charge < -0.3 is 11.1 Å². The minimum absolute atomic E-state index is 0. The van der Waals surface area contributed by atoms with Crippen LogP contribution in [0.25, 0.3) is 0 Å². The van der Waals surface area contributed by atoms with Gasteiger partial charge in [-0.05, 0) is 39.2 Å². The third kappa shape index (κ3) is 3.59. The van der Waals surface area contributed by atoms with E-state index >= 15 is 0 Å². The molecule has 0 heterocycles. The Balaban J connectivity index is 0.00000289. The van der Waals surface area contributed by atoms with E-state index in [9.17, 15) is 13.2 Å². The predicted molar refractivity (Wildman–Crippen MR) is 74.5 cm³/mol. The predicted octanol–water partition coefficient (Wildman–Crippen LogP) is 0.475. The number of nitrogens with one attached hydrogen (secondary N) is 1. The first-order valence-electron chi connectivity index (χ1n) is 5.90. The molecular formula is C11H23ClN2O3S. The first-order chi connectivity index (χ1) is 7.70. The van der Waals surface area contributed by atoms with Crippen molar-refractivity contribution in [1.29, 1.82) is 0 Å². The number of hydrogen-bond acceptors (Lipinski definition) is 4. The largest absolute Gasteiger partial charge is 0.352 e. The highest BCUT2D eigenvalue weighted by Gasteiger charge is 2.40. The summed E-state index contributed by atoms with van der Waals surface area (Å²) in [6.45, 7) is 3.40. The number of carbonyl (C=O) groups is 1. The summed E-state index contributed by atoms with van der Waals surface area (Å²) in [5.41, 5.74) is 5.63. The molecule has 1 aliphatic carbocycles. The van der Waals surface area contributed by atoms with Gasteiger partial charge in [-0.2, -0.15) is 0 Å². The summed E-state index contributed by atoms with van der Waals surface area (Å²) in [6, 6.07) is 0.0218. The van der Waals surface area contributed by atoms with E-state index in [0.29, 0.717) is 6.54 Å². The summed E-state index contributed by atoms with van der Waals surface area (Å²) >= 11 is 0. The van der Waals surface area contributed by atoms with Gasteiger partial charge in [0.2, 0.25) is 5.91 Å². The molecular weight excluding hydrogens is 276 g/mol. The van der Waals surface area contributed by atoms with E-state index in [1.165, 1.54) is 13.8 Å². The minimum Gasteiger partial charge on any atom is -0.352 e. The Morgan fingerprint density at radius 3 is 2.39 bits per heavy atom. The number of carbonyl (C=O) groups excluding carboxylic acids is 1. The summed E-state index contributed by atoms with van der Waals surface area (Å²) < 4.78 is 21.7. The molecule has 0 saturated heterocycles. The van der Waals surface area contributed by atoms with E-state index in [1.807, 2.05) is 0 Å². The Morgan fingerprint density at radius 2 is 1.94 bits per heavy atom. The first-order valence-corrected chi connectivity index (χ1v) is 7.80. The monoisotopic (exact) mass is 298 g/mol. The van der Waals surface area contributed by atoms with Gasteiger partial charge in [-0.1, -0.05) is 6.42 Å². The van der Waals surface area contributed by atoms with Crippen molar-refractivity contribution in [2.24, 2.45) is 11.7 Å². The van der Waals surface area contributed by atoms with Crippen molar-refractivity contribution in [3.8, 4) is 0 Å². The van der Waals surface area contributed by atoms with E-state index in [-0.39, 0.29) is 24.4 Å². The highest BCUT2D eigenvalue weighted by atomic mass is 35.5. The second kappa shape index (κ2) is 6.21. The number of nitrogens with two attached hydrogens (primary N) is 1. The molecule has 3 N–H and O–H groups in total. The Morgan fingerprint density at radius 1 is 1.39 bits per heavy atom. The topological polar surface area (TPSA) is 89.3 Å². The summed E-state index contributed by atoms with van der Waals surface area (Å²) in [4.78, 5) is 12.0. The molecule has 0 aromatic carbocycles. The molecule has 0 aromatic heterocycles. The minimum atomic E-state index is -3.41. The van der Waals surface area contributed by atoms with Crippen LogP contribution in [0.5, 0.6) is 0 Å². The van der Waals surface area contributed by atoms with Gasteiger partial charge in [0.15, 0.2) is 9.84 Å². The molecule has 108 valence electrons. The molecule has 1 fully saturated rings. The molecule has 1 rings (SSSR count). The van der Waals surface area contributed by atoms with Crippen LogP contribution >= 0.6 is 12.4 Å². The Kier molecular flexibility index (Phi) is 6.10. The van der Waals surface area contributed by atoms with E-state index < -0.39 is 20.5 Å². The molecule has 0 radical (unpaired) electrons. The van der Waals surface area contributed by atoms with E-state index in [4.69, 9.17) is 5.73 Å². The average Bonchev–Trinajstić information content (AvgIpc) is 2.63. The van der Waals surface area contributed by atoms with Crippen LogP contribution in [-0.2, 0) is 14.6 Å². The van der Waals surface area contributed by atoms with Gasteiger partial charge in [0.25, 0.3) is 0 Å². The van der Waals surface area contributed by atoms with Crippen molar-refractivity contribution >= 4 is 28.2 Å². The lowest BCUT2D eigenvalue weighted by atomic mass is 10.0. The standard InChI is InChI=1S/C11H22N2O3S.ClH/c1-11(2,17(3,15)16)10(14)13-9-6-4-5-8(9)7-12;/h8-9H,4-7,12H2,1-3H3,(H,13,14);1H. The normalized spacial score (nSPS) is 24.4. The zero-order valence-electron chi connectivity index (χ0n) is 11.1. The number of hydrogen-bond donors (Lipinski definition) is 2. The highest BCUT2D eigenvalue weighted by molar-refractivity contribution is 7.92. The molecule has 1 amide bonds. The van der Waals surface area contributed by atoms with E-state index in [1.54, 1.807) is 0 Å². The van der Waals surface area contributed by atoms with Crippen LogP contribution < -0.4 is 11.1 Å². The van der Waals surface area contributed by atoms with E-state index in [0.717, 1.165) is 25.5 Å². The van der Waals surface area contributed by atoms with Crippen molar-refractivity contribution in [3.63, 3.8) is 0 Å². The Bertz CT molecular complexity index is 395. The van der Waals surface area contributed by atoms with Gasteiger partial charge in [-0.25, -0.2) is 8.42 Å². The summed E-state index contributed by atoms with van der Waals surface area (Å²) in [7, 11) is -3.41. The summed E-state index contributed by atoms with van der Waals surface area (Å²) in [6.07, 6.45) is 4.00. The highest BCUT2D eigenvalue weighted by Crippen LogP contribution is 2.26. The Hall–Kier alpha value is -0.330. The lowest BCUT2D eigenvalue weighted by Crippen LogP contribution is -2.52. The van der Waals surface area contributed by atoms with Gasteiger partial charge in [0.1, 0.15) is 4.75 Å². The maximum Gasteiger partial charge on any atom is 0.241 e. The average molecular weight is 299 g/mol. The molecule has 7 heteroatoms. The van der Waals surface area contributed by atoms with Crippen LogP contribution in [0.4, 0.5) is 0 Å². The number of halogens is 1. The SMILES string of the molecule is CC(C)(C(=O)NC1CCCC1CN)S(C)(=O)=O.Cl. The van der Waals surface area contributed by atoms with Crippen LogP contribution in [0.15, 0.2) is 0 Å². The smallest absolute Gasteiger partial charge is 0.241 e. The van der Waals surface area contributed by atoms with Crippen molar-refractivity contribution < 1.29 is 13.2 Å². The molecule has 2 atom stereocenters. The third-order valence-corrected chi connectivity index (χ3v) is 5.79. The summed E-state index contributed by atoms with van der Waals surface area (Å²) in [5, 5.41) is 2.83. The fourth-order valence-corrected chi connectivity index (χ4v) is 2.42.